The Morgan fingerprint density at radius 1 is 0.448 bits per heavy atom. The van der Waals surface area contributed by atoms with Gasteiger partial charge in [-0.05, 0) is 0 Å². The topological polar surface area (TPSA) is 0 Å². The van der Waals surface area contributed by atoms with E-state index in [2.05, 4.69) is 0 Å². The maximum Gasteiger partial charge on any atom is 0.435 e. The van der Waals surface area contributed by atoms with Gasteiger partial charge in [0.1, 0.15) is 0 Å². The predicted molar refractivity (Wildman–Crippen MR) is 52.1 cm³/mol. The molecule has 18 heteroatoms. The highest BCUT2D eigenvalue weighted by molar-refractivity contribution is 5.41. The first kappa shape index (κ1) is 24.0. The average molecular weight is 476 g/mol. The number of alkyl halides is 18. The lowest BCUT2D eigenvalue weighted by atomic mass is 9.53. The van der Waals surface area contributed by atoms with Gasteiger partial charge in [0.15, 0.2) is 0 Å². The van der Waals surface area contributed by atoms with Crippen LogP contribution in [0, 0.1) is 0 Å². The van der Waals surface area contributed by atoms with Crippen molar-refractivity contribution in [2.75, 3.05) is 0 Å². The van der Waals surface area contributed by atoms with E-state index in [9.17, 15) is 79.0 Å². The summed E-state index contributed by atoms with van der Waals surface area (Å²) >= 11 is 0. The largest absolute Gasteiger partial charge is 0.435 e. The lowest BCUT2D eigenvalue weighted by molar-refractivity contribution is -0.514. The molecule has 2 saturated carbocycles. The van der Waals surface area contributed by atoms with Gasteiger partial charge >= 0.3 is 41.5 Å². The van der Waals surface area contributed by atoms with E-state index in [0.29, 0.717) is 0 Å². The van der Waals surface area contributed by atoms with Crippen LogP contribution in [0.1, 0.15) is 0 Å². The Labute approximate surface area is 145 Å². The third kappa shape index (κ3) is 1.82. The second-order valence-electron chi connectivity index (χ2n) is 6.27. The van der Waals surface area contributed by atoms with Crippen LogP contribution in [0.25, 0.3) is 0 Å². The fraction of sp³-hybridized carbons (Fsp3) is 1.00. The van der Waals surface area contributed by atoms with Gasteiger partial charge < -0.3 is 0 Å². The van der Waals surface area contributed by atoms with Crippen LogP contribution < -0.4 is 0 Å². The third-order valence-corrected chi connectivity index (χ3v) is 4.87. The van der Waals surface area contributed by atoms with Crippen LogP contribution in [-0.2, 0) is 0 Å². The van der Waals surface area contributed by atoms with Crippen molar-refractivity contribution in [3.63, 3.8) is 0 Å². The SMILES string of the molecule is FC1C(F)(F)C(F)(F)C(F)C2(F)C(F)(F)C(F)(C(F)(F)F)C(F)(F)C(F)(F)C12F. The fourth-order valence-electron chi connectivity index (χ4n) is 3.23. The number of halogens is 18. The van der Waals surface area contributed by atoms with Crippen molar-refractivity contribution >= 4 is 0 Å². The molecule has 0 saturated heterocycles. The Balaban J connectivity index is 3.14. The second kappa shape index (κ2) is 5.13. The Morgan fingerprint density at radius 2 is 0.724 bits per heavy atom. The van der Waals surface area contributed by atoms with Crippen molar-refractivity contribution in [2.24, 2.45) is 0 Å². The van der Waals surface area contributed by atoms with Gasteiger partial charge in [-0.15, -0.1) is 0 Å². The molecule has 0 aromatic rings. The summed E-state index contributed by atoms with van der Waals surface area (Å²) in [6, 6.07) is 0. The molecule has 2 aliphatic carbocycles. The van der Waals surface area contributed by atoms with Gasteiger partial charge in [0.25, 0.3) is 11.3 Å². The molecule has 0 heterocycles. The van der Waals surface area contributed by atoms with E-state index in [0.717, 1.165) is 0 Å². The third-order valence-electron chi connectivity index (χ3n) is 4.87. The van der Waals surface area contributed by atoms with E-state index >= 15 is 0 Å². The van der Waals surface area contributed by atoms with Crippen LogP contribution in [0.2, 0.25) is 0 Å². The molecule has 2 aliphatic rings. The van der Waals surface area contributed by atoms with Crippen molar-refractivity contribution < 1.29 is 79.0 Å². The molecule has 2 rings (SSSR count). The van der Waals surface area contributed by atoms with E-state index in [1.807, 2.05) is 0 Å². The summed E-state index contributed by atoms with van der Waals surface area (Å²) < 4.78 is 242. The molecule has 5 unspecified atom stereocenters. The summed E-state index contributed by atoms with van der Waals surface area (Å²) in [4.78, 5) is 0. The molecule has 0 aromatic heterocycles. The zero-order valence-electron chi connectivity index (χ0n) is 12.5. The molecule has 0 aliphatic heterocycles. The van der Waals surface area contributed by atoms with Crippen LogP contribution in [-0.4, -0.2) is 65.1 Å². The van der Waals surface area contributed by atoms with Crippen molar-refractivity contribution in [1.82, 2.24) is 0 Å². The van der Waals surface area contributed by atoms with E-state index < -0.39 is 65.1 Å². The molecular formula is C11H2F18. The number of hydrogen-bond acceptors (Lipinski definition) is 0. The zero-order chi connectivity index (χ0) is 23.7. The van der Waals surface area contributed by atoms with Crippen molar-refractivity contribution in [3.8, 4) is 0 Å². The Hall–Kier alpha value is -1.26. The van der Waals surface area contributed by atoms with Crippen LogP contribution in [0.5, 0.6) is 0 Å². The fourth-order valence-corrected chi connectivity index (χ4v) is 3.23. The first-order valence-corrected chi connectivity index (χ1v) is 6.61. The summed E-state index contributed by atoms with van der Waals surface area (Å²) in [6.45, 7) is 0. The number of rotatable bonds is 0. The predicted octanol–water partition coefficient (Wildman–Crippen LogP) is 5.55. The van der Waals surface area contributed by atoms with E-state index in [1.165, 1.54) is 0 Å². The van der Waals surface area contributed by atoms with Crippen LogP contribution in [0.15, 0.2) is 0 Å². The summed E-state index contributed by atoms with van der Waals surface area (Å²) in [5, 5.41) is 0. The van der Waals surface area contributed by atoms with Gasteiger partial charge in [0.05, 0.1) is 0 Å². The highest BCUT2D eigenvalue weighted by atomic mass is 19.4. The van der Waals surface area contributed by atoms with Gasteiger partial charge in [0.2, 0.25) is 12.3 Å². The molecule has 0 N–H and O–H groups in total. The highest BCUT2D eigenvalue weighted by Gasteiger charge is 3.09. The summed E-state index contributed by atoms with van der Waals surface area (Å²) in [6.07, 6.45) is -21.1. The zero-order valence-corrected chi connectivity index (χ0v) is 12.5. The van der Waals surface area contributed by atoms with Gasteiger partial charge in [-0.25, -0.2) is 22.0 Å². The summed E-state index contributed by atoms with van der Waals surface area (Å²) in [5.74, 6) is -39.4. The van der Waals surface area contributed by atoms with Crippen LogP contribution in [0.4, 0.5) is 79.0 Å². The van der Waals surface area contributed by atoms with Crippen LogP contribution >= 0.6 is 0 Å². The van der Waals surface area contributed by atoms with Crippen molar-refractivity contribution in [1.29, 1.82) is 0 Å². The molecule has 0 radical (unpaired) electrons. The van der Waals surface area contributed by atoms with Crippen molar-refractivity contribution in [3.05, 3.63) is 0 Å². The van der Waals surface area contributed by atoms with Crippen molar-refractivity contribution in [2.45, 2.75) is 65.1 Å². The molecule has 172 valence electrons. The first-order valence-electron chi connectivity index (χ1n) is 6.61. The van der Waals surface area contributed by atoms with E-state index in [-0.39, 0.29) is 0 Å². The van der Waals surface area contributed by atoms with Gasteiger partial charge in [-0.2, -0.15) is 57.1 Å². The minimum atomic E-state index is -8.34. The lowest BCUT2D eigenvalue weighted by Gasteiger charge is -2.62. The molecule has 5 atom stereocenters. The molecule has 0 nitrogen and oxygen atoms in total. The molecule has 29 heavy (non-hydrogen) atoms. The summed E-state index contributed by atoms with van der Waals surface area (Å²) in [5.41, 5.74) is -24.0. The van der Waals surface area contributed by atoms with Gasteiger partial charge in [-0.3, -0.25) is 0 Å². The summed E-state index contributed by atoms with van der Waals surface area (Å²) in [7, 11) is 0. The van der Waals surface area contributed by atoms with E-state index in [1.54, 1.807) is 0 Å². The molecule has 0 aromatic carbocycles. The molecule has 2 fully saturated rings. The molecule has 0 bridgehead atoms. The monoisotopic (exact) mass is 476 g/mol. The second-order valence-corrected chi connectivity index (χ2v) is 6.27. The van der Waals surface area contributed by atoms with Gasteiger partial charge in [-0.1, -0.05) is 0 Å². The van der Waals surface area contributed by atoms with Crippen LogP contribution in [0.3, 0.4) is 0 Å². The minimum Gasteiger partial charge on any atom is -0.237 e. The molecule has 0 amide bonds. The number of fused-ring (bicyclic) bond motifs is 1. The highest BCUT2D eigenvalue weighted by Crippen LogP contribution is 2.77. The standard InChI is InChI=1S/C11H2F18/c12-1-3(14)4(15,2(13)6(18,19)5(1,16)17)9(23,24)10(25,26)7(20,8(3,21)22)11(27,28)29/h1-2H. The molecular weight excluding hydrogens is 474 g/mol. The maximum absolute atomic E-state index is 14.4. The van der Waals surface area contributed by atoms with E-state index in [4.69, 9.17) is 0 Å². The normalized spacial score (nSPS) is 47.4. The Morgan fingerprint density at radius 3 is 1.00 bits per heavy atom. The molecule has 0 spiro atoms. The number of hydrogen-bond donors (Lipinski definition) is 0. The maximum atomic E-state index is 14.4. The Kier molecular flexibility index (Phi) is 4.25. The minimum absolute atomic E-state index is 6.48. The Bertz CT molecular complexity index is 707. The average Bonchev–Trinajstić information content (AvgIpc) is 2.53. The van der Waals surface area contributed by atoms with Gasteiger partial charge in [0, 0.05) is 0 Å². The quantitative estimate of drug-likeness (QED) is 0.403. The first-order chi connectivity index (χ1) is 12.3. The smallest absolute Gasteiger partial charge is 0.237 e. The lowest BCUT2D eigenvalue weighted by Crippen LogP contribution is -2.96.